The van der Waals surface area contributed by atoms with Gasteiger partial charge in [0.25, 0.3) is 0 Å². The molecule has 0 atom stereocenters. The largest absolute Gasteiger partial charge is 0.331 e. The van der Waals surface area contributed by atoms with Crippen molar-refractivity contribution in [3.8, 4) is 0 Å². The molecular formula is C10H17B2N. The van der Waals surface area contributed by atoms with Crippen LogP contribution < -0.4 is 5.32 Å². The highest BCUT2D eigenvalue weighted by atomic mass is 14.9. The lowest BCUT2D eigenvalue weighted by Crippen LogP contribution is -2.46. The van der Waals surface area contributed by atoms with Crippen molar-refractivity contribution in [2.75, 3.05) is 7.05 Å². The average molecular weight is 173 g/mol. The van der Waals surface area contributed by atoms with E-state index < -0.39 is 5.34 Å². The molecule has 3 heteroatoms. The van der Waals surface area contributed by atoms with E-state index in [0.717, 1.165) is 24.2 Å². The number of nitrogens with one attached hydrogen (secondary N) is 1. The van der Waals surface area contributed by atoms with Crippen LogP contribution in [0.4, 0.5) is 0 Å². The zero-order valence-electron chi connectivity index (χ0n) is 8.42. The van der Waals surface area contributed by atoms with E-state index in [1.54, 1.807) is 0 Å². The van der Waals surface area contributed by atoms with Gasteiger partial charge in [-0.3, -0.25) is 0 Å². The van der Waals surface area contributed by atoms with Crippen LogP contribution in [0.1, 0.15) is 32.1 Å². The SMILES string of the molecule is [B]C([B])(CC1C2CCC1CC2)NC. The van der Waals surface area contributed by atoms with Crippen LogP contribution in [0.2, 0.25) is 0 Å². The molecule has 0 heterocycles. The van der Waals surface area contributed by atoms with E-state index in [4.69, 9.17) is 15.7 Å². The van der Waals surface area contributed by atoms with Crippen LogP contribution in [0.5, 0.6) is 0 Å². The number of hydrogen-bond acceptors (Lipinski definition) is 1. The minimum atomic E-state index is -0.643. The van der Waals surface area contributed by atoms with E-state index in [-0.39, 0.29) is 0 Å². The van der Waals surface area contributed by atoms with E-state index in [1.165, 1.54) is 25.7 Å². The number of hydrogen-bond donors (Lipinski definition) is 1. The molecule has 0 aliphatic heterocycles. The fraction of sp³-hybridized carbons (Fsp3) is 1.00. The number of rotatable bonds is 3. The van der Waals surface area contributed by atoms with Crippen molar-refractivity contribution >= 4 is 15.7 Å². The van der Waals surface area contributed by atoms with Gasteiger partial charge in [-0.05, 0) is 56.9 Å². The third kappa shape index (κ3) is 1.81. The highest BCUT2D eigenvalue weighted by Gasteiger charge is 2.42. The first-order chi connectivity index (χ1) is 6.12. The van der Waals surface area contributed by atoms with Crippen molar-refractivity contribution in [2.24, 2.45) is 17.8 Å². The Morgan fingerprint density at radius 3 is 2.00 bits per heavy atom. The predicted molar refractivity (Wildman–Crippen MR) is 56.9 cm³/mol. The summed E-state index contributed by atoms with van der Waals surface area (Å²) in [5.74, 6) is 2.64. The van der Waals surface area contributed by atoms with Gasteiger partial charge >= 0.3 is 0 Å². The monoisotopic (exact) mass is 173 g/mol. The van der Waals surface area contributed by atoms with Crippen LogP contribution in [0, 0.1) is 17.8 Å². The van der Waals surface area contributed by atoms with Crippen LogP contribution in [0.3, 0.4) is 0 Å². The standard InChI is InChI=1S/C10H17B2N/c1-13-10(11,12)6-9-7-2-3-8(9)5-4-7/h7-9,13H,2-6H2,1H3. The van der Waals surface area contributed by atoms with E-state index in [9.17, 15) is 0 Å². The quantitative estimate of drug-likeness (QED) is 0.628. The van der Waals surface area contributed by atoms with Crippen LogP contribution in [0.25, 0.3) is 0 Å². The maximum Gasteiger partial charge on any atom is 0.0820 e. The van der Waals surface area contributed by atoms with Gasteiger partial charge < -0.3 is 5.32 Å². The van der Waals surface area contributed by atoms with Crippen LogP contribution >= 0.6 is 0 Å². The van der Waals surface area contributed by atoms with Gasteiger partial charge in [0, 0.05) is 0 Å². The summed E-state index contributed by atoms with van der Waals surface area (Å²) in [6.07, 6.45) is 6.59. The van der Waals surface area contributed by atoms with Crippen molar-refractivity contribution < 1.29 is 0 Å². The lowest BCUT2D eigenvalue weighted by molar-refractivity contribution is 0.345. The molecule has 4 radical (unpaired) electrons. The summed E-state index contributed by atoms with van der Waals surface area (Å²) in [4.78, 5) is 0. The van der Waals surface area contributed by atoms with Crippen LogP contribution in [-0.2, 0) is 0 Å². The Kier molecular flexibility index (Phi) is 2.48. The third-order valence-electron chi connectivity index (χ3n) is 4.07. The van der Waals surface area contributed by atoms with Gasteiger partial charge in [-0.2, -0.15) is 0 Å². The summed E-state index contributed by atoms with van der Waals surface area (Å²) < 4.78 is 0. The number of fused-ring (bicyclic) bond motifs is 2. The van der Waals surface area contributed by atoms with E-state index >= 15 is 0 Å². The molecule has 2 bridgehead atoms. The maximum atomic E-state index is 5.91. The smallest absolute Gasteiger partial charge is 0.0820 e. The van der Waals surface area contributed by atoms with Gasteiger partial charge in [-0.25, -0.2) is 0 Å². The summed E-state index contributed by atoms with van der Waals surface area (Å²) in [5, 5.41) is 2.35. The Bertz CT molecular complexity index is 173. The summed E-state index contributed by atoms with van der Waals surface area (Å²) in [7, 11) is 13.7. The lowest BCUT2D eigenvalue weighted by Gasteiger charge is -2.30. The Morgan fingerprint density at radius 1 is 1.15 bits per heavy atom. The van der Waals surface area contributed by atoms with Crippen LogP contribution in [-0.4, -0.2) is 28.1 Å². The molecule has 0 amide bonds. The van der Waals surface area contributed by atoms with Crippen molar-refractivity contribution in [1.82, 2.24) is 5.32 Å². The molecule has 0 aromatic rings. The molecule has 0 unspecified atom stereocenters. The molecule has 2 aliphatic rings. The highest BCUT2D eigenvalue weighted by Crippen LogP contribution is 2.51. The van der Waals surface area contributed by atoms with E-state index in [0.29, 0.717) is 0 Å². The molecule has 0 spiro atoms. The molecule has 2 aliphatic carbocycles. The minimum Gasteiger partial charge on any atom is -0.331 e. The Labute approximate surface area is 83.9 Å². The summed E-state index contributed by atoms with van der Waals surface area (Å²) in [6.45, 7) is 0. The van der Waals surface area contributed by atoms with Crippen molar-refractivity contribution in [3.05, 3.63) is 0 Å². The molecule has 1 N–H and O–H groups in total. The third-order valence-corrected chi connectivity index (χ3v) is 4.07. The Balaban J connectivity index is 1.95. The fourth-order valence-corrected chi connectivity index (χ4v) is 3.21. The summed E-state index contributed by atoms with van der Waals surface area (Å²) in [6, 6.07) is 0. The summed E-state index contributed by atoms with van der Waals surface area (Å²) in [5.41, 5.74) is 0. The Hall–Kier alpha value is 0.0899. The molecule has 0 aromatic carbocycles. The maximum absolute atomic E-state index is 5.91. The molecule has 68 valence electrons. The van der Waals surface area contributed by atoms with Gasteiger partial charge in [0.05, 0.1) is 15.7 Å². The molecule has 0 saturated heterocycles. The van der Waals surface area contributed by atoms with Gasteiger partial charge in [0.2, 0.25) is 0 Å². The molecule has 1 nitrogen and oxygen atoms in total. The first-order valence-electron chi connectivity index (χ1n) is 5.39. The predicted octanol–water partition coefficient (Wildman–Crippen LogP) is 1.02. The fourth-order valence-electron chi connectivity index (χ4n) is 3.21. The molecule has 2 rings (SSSR count). The molecule has 13 heavy (non-hydrogen) atoms. The van der Waals surface area contributed by atoms with Gasteiger partial charge in [-0.1, -0.05) is 5.34 Å². The molecule has 2 saturated carbocycles. The molecular weight excluding hydrogens is 156 g/mol. The van der Waals surface area contributed by atoms with Crippen LogP contribution in [0.15, 0.2) is 0 Å². The second kappa shape index (κ2) is 3.34. The van der Waals surface area contributed by atoms with Gasteiger partial charge in [-0.15, -0.1) is 0 Å². The van der Waals surface area contributed by atoms with Gasteiger partial charge in [0.15, 0.2) is 0 Å². The first kappa shape index (κ1) is 9.64. The van der Waals surface area contributed by atoms with E-state index in [2.05, 4.69) is 5.32 Å². The van der Waals surface area contributed by atoms with E-state index in [1.807, 2.05) is 7.05 Å². The summed E-state index contributed by atoms with van der Waals surface area (Å²) >= 11 is 0. The second-order valence-corrected chi connectivity index (χ2v) is 4.83. The van der Waals surface area contributed by atoms with Crippen molar-refractivity contribution in [1.29, 1.82) is 0 Å². The highest BCUT2D eigenvalue weighted by molar-refractivity contribution is 6.39. The zero-order chi connectivity index (χ0) is 9.47. The lowest BCUT2D eigenvalue weighted by atomic mass is 9.57. The zero-order valence-corrected chi connectivity index (χ0v) is 8.42. The normalized spacial score (nSPS) is 38.4. The minimum absolute atomic E-state index is 0.643. The van der Waals surface area contributed by atoms with Crippen molar-refractivity contribution in [2.45, 2.75) is 37.4 Å². The average Bonchev–Trinajstić information content (AvgIpc) is 2.65. The molecule has 2 fully saturated rings. The van der Waals surface area contributed by atoms with Crippen molar-refractivity contribution in [3.63, 3.8) is 0 Å². The second-order valence-electron chi connectivity index (χ2n) is 4.83. The topological polar surface area (TPSA) is 12.0 Å². The molecule has 0 aromatic heterocycles. The van der Waals surface area contributed by atoms with Gasteiger partial charge in [0.1, 0.15) is 0 Å². The first-order valence-corrected chi connectivity index (χ1v) is 5.39. The Morgan fingerprint density at radius 2 is 1.62 bits per heavy atom.